The Morgan fingerprint density at radius 1 is 1.07 bits per heavy atom. The molecule has 0 aliphatic carbocycles. The minimum absolute atomic E-state index is 0.161. The Labute approximate surface area is 167 Å². The lowest BCUT2D eigenvalue weighted by Crippen LogP contribution is -2.48. The van der Waals surface area contributed by atoms with Gasteiger partial charge in [0.25, 0.3) is 11.8 Å². The van der Waals surface area contributed by atoms with Gasteiger partial charge in [-0.05, 0) is 43.5 Å². The number of rotatable bonds is 5. The number of aryl methyl sites for hydroxylation is 1. The van der Waals surface area contributed by atoms with Crippen LogP contribution in [0.4, 0.5) is 0 Å². The van der Waals surface area contributed by atoms with E-state index in [2.05, 4.69) is 5.32 Å². The first-order valence-corrected chi connectivity index (χ1v) is 9.26. The molecule has 0 bridgehead atoms. The summed E-state index contributed by atoms with van der Waals surface area (Å²) in [7, 11) is 0. The Balaban J connectivity index is 1.68. The molecule has 3 rings (SSSR count). The minimum Gasteiger partial charge on any atom is -0.354 e. The number of fused-ring (bicyclic) bond motifs is 1. The van der Waals surface area contributed by atoms with Crippen LogP contribution in [-0.2, 0) is 11.2 Å². The topological polar surface area (TPSA) is 66.5 Å². The zero-order valence-corrected chi connectivity index (χ0v) is 16.4. The van der Waals surface area contributed by atoms with E-state index in [4.69, 9.17) is 23.2 Å². The number of carbonyl (C=O) groups excluding carboxylic acids is 3. The first kappa shape index (κ1) is 19.4. The Hall–Kier alpha value is -2.37. The number of nitrogens with one attached hydrogen (secondary N) is 1. The molecule has 1 aliphatic heterocycles. The molecule has 7 heteroatoms. The second-order valence-corrected chi connectivity index (χ2v) is 7.25. The third-order valence-corrected chi connectivity index (χ3v) is 5.40. The summed E-state index contributed by atoms with van der Waals surface area (Å²) in [6, 6.07) is 9.70. The maximum Gasteiger partial charge on any atom is 0.262 e. The van der Waals surface area contributed by atoms with Gasteiger partial charge in [0, 0.05) is 6.54 Å². The van der Waals surface area contributed by atoms with Crippen LogP contribution in [0.5, 0.6) is 0 Å². The fourth-order valence-corrected chi connectivity index (χ4v) is 3.41. The lowest BCUT2D eigenvalue weighted by Gasteiger charge is -2.21. The predicted octanol–water partition coefficient (Wildman–Crippen LogP) is 3.65. The van der Waals surface area contributed by atoms with E-state index in [-0.39, 0.29) is 21.2 Å². The van der Waals surface area contributed by atoms with Gasteiger partial charge in [0.2, 0.25) is 5.91 Å². The number of hydrogen-bond donors (Lipinski definition) is 1. The van der Waals surface area contributed by atoms with Gasteiger partial charge < -0.3 is 5.32 Å². The second kappa shape index (κ2) is 7.71. The zero-order chi connectivity index (χ0) is 19.7. The number of imide groups is 1. The van der Waals surface area contributed by atoms with Crippen molar-refractivity contribution in [3.63, 3.8) is 0 Å². The van der Waals surface area contributed by atoms with Gasteiger partial charge in [0.15, 0.2) is 0 Å². The molecule has 2 aromatic rings. The molecule has 2 aromatic carbocycles. The average molecular weight is 405 g/mol. The number of nitrogens with zero attached hydrogens (tertiary/aromatic N) is 1. The van der Waals surface area contributed by atoms with E-state index >= 15 is 0 Å². The van der Waals surface area contributed by atoms with Gasteiger partial charge in [-0.2, -0.15) is 0 Å². The summed E-state index contributed by atoms with van der Waals surface area (Å²) in [5, 5.41) is 3.17. The molecule has 140 valence electrons. The van der Waals surface area contributed by atoms with E-state index in [0.29, 0.717) is 13.0 Å². The summed E-state index contributed by atoms with van der Waals surface area (Å²) in [5.74, 6) is -1.49. The Morgan fingerprint density at radius 3 is 2.19 bits per heavy atom. The van der Waals surface area contributed by atoms with Crippen LogP contribution in [0, 0.1) is 6.92 Å². The molecule has 0 saturated heterocycles. The summed E-state index contributed by atoms with van der Waals surface area (Å²) in [6.07, 6.45) is 0.665. The zero-order valence-electron chi connectivity index (χ0n) is 14.9. The summed E-state index contributed by atoms with van der Waals surface area (Å²) in [4.78, 5) is 38.6. The standard InChI is InChI=1S/C20H18Cl2N2O3/c1-11-5-3-4-6-13(11)7-8-23-18(25)12(2)24-19(26)14-9-16(21)17(22)10-15(14)20(24)27/h3-6,9-10,12H,7-8H2,1-2H3,(H,23,25). The van der Waals surface area contributed by atoms with Gasteiger partial charge in [-0.1, -0.05) is 47.5 Å². The smallest absolute Gasteiger partial charge is 0.262 e. The van der Waals surface area contributed by atoms with E-state index in [9.17, 15) is 14.4 Å². The third-order valence-electron chi connectivity index (χ3n) is 4.68. The molecule has 27 heavy (non-hydrogen) atoms. The summed E-state index contributed by atoms with van der Waals surface area (Å²) >= 11 is 11.9. The molecule has 1 N–H and O–H groups in total. The summed E-state index contributed by atoms with van der Waals surface area (Å²) in [5.41, 5.74) is 2.60. The largest absolute Gasteiger partial charge is 0.354 e. The molecule has 1 unspecified atom stereocenters. The normalized spacial score (nSPS) is 14.3. The Kier molecular flexibility index (Phi) is 5.53. The van der Waals surface area contributed by atoms with Crippen LogP contribution < -0.4 is 5.32 Å². The molecule has 1 aliphatic rings. The first-order chi connectivity index (χ1) is 12.8. The monoisotopic (exact) mass is 404 g/mol. The highest BCUT2D eigenvalue weighted by Gasteiger charge is 2.41. The van der Waals surface area contributed by atoms with Crippen molar-refractivity contribution < 1.29 is 14.4 Å². The maximum absolute atomic E-state index is 12.6. The molecule has 0 fully saturated rings. The van der Waals surface area contributed by atoms with Crippen molar-refractivity contribution in [1.82, 2.24) is 10.2 Å². The van der Waals surface area contributed by atoms with Crippen molar-refractivity contribution in [3.05, 3.63) is 68.7 Å². The second-order valence-electron chi connectivity index (χ2n) is 6.44. The quantitative estimate of drug-likeness (QED) is 0.773. The SMILES string of the molecule is Cc1ccccc1CCNC(=O)C(C)N1C(=O)c2cc(Cl)c(Cl)cc2C1=O. The average Bonchev–Trinajstić information content (AvgIpc) is 2.87. The van der Waals surface area contributed by atoms with Gasteiger partial charge in [0.1, 0.15) is 6.04 Å². The molecule has 0 spiro atoms. The van der Waals surface area contributed by atoms with Crippen molar-refractivity contribution in [3.8, 4) is 0 Å². The van der Waals surface area contributed by atoms with Crippen molar-refractivity contribution >= 4 is 40.9 Å². The first-order valence-electron chi connectivity index (χ1n) is 8.50. The lowest BCUT2D eigenvalue weighted by atomic mass is 10.1. The van der Waals surface area contributed by atoms with Crippen LogP contribution in [0.15, 0.2) is 36.4 Å². The van der Waals surface area contributed by atoms with Crippen molar-refractivity contribution in [1.29, 1.82) is 0 Å². The molecule has 3 amide bonds. The van der Waals surface area contributed by atoms with E-state index in [0.717, 1.165) is 16.0 Å². The molecule has 0 saturated carbocycles. The van der Waals surface area contributed by atoms with Crippen molar-refractivity contribution in [2.24, 2.45) is 0 Å². The molecule has 0 radical (unpaired) electrons. The number of halogens is 2. The predicted molar refractivity (Wildman–Crippen MR) is 104 cm³/mol. The number of carbonyl (C=O) groups is 3. The highest BCUT2D eigenvalue weighted by molar-refractivity contribution is 6.43. The van der Waals surface area contributed by atoms with Crippen LogP contribution in [0.1, 0.15) is 38.8 Å². The third kappa shape index (κ3) is 3.70. The highest BCUT2D eigenvalue weighted by Crippen LogP contribution is 2.32. The number of amides is 3. The van der Waals surface area contributed by atoms with Gasteiger partial charge >= 0.3 is 0 Å². The molecule has 5 nitrogen and oxygen atoms in total. The minimum atomic E-state index is -0.938. The van der Waals surface area contributed by atoms with Gasteiger partial charge in [-0.25, -0.2) is 0 Å². The fourth-order valence-electron chi connectivity index (χ4n) is 3.08. The van der Waals surface area contributed by atoms with Crippen molar-refractivity contribution in [2.75, 3.05) is 6.54 Å². The van der Waals surface area contributed by atoms with Gasteiger partial charge in [0.05, 0.1) is 21.2 Å². The lowest BCUT2D eigenvalue weighted by molar-refractivity contribution is -0.124. The highest BCUT2D eigenvalue weighted by atomic mass is 35.5. The number of benzene rings is 2. The Bertz CT molecular complexity index is 902. The molecular weight excluding hydrogens is 387 g/mol. The van der Waals surface area contributed by atoms with Crippen LogP contribution in [0.3, 0.4) is 0 Å². The molecular formula is C20H18Cl2N2O3. The number of hydrogen-bond acceptors (Lipinski definition) is 3. The van der Waals surface area contributed by atoms with Crippen LogP contribution >= 0.6 is 23.2 Å². The van der Waals surface area contributed by atoms with E-state index in [1.807, 2.05) is 31.2 Å². The molecule has 1 atom stereocenters. The van der Waals surface area contributed by atoms with Crippen molar-refractivity contribution in [2.45, 2.75) is 26.3 Å². The van der Waals surface area contributed by atoms with E-state index < -0.39 is 23.8 Å². The molecule has 0 aromatic heterocycles. The van der Waals surface area contributed by atoms with Gasteiger partial charge in [-0.15, -0.1) is 0 Å². The van der Waals surface area contributed by atoms with Crippen LogP contribution in [0.25, 0.3) is 0 Å². The molecule has 1 heterocycles. The van der Waals surface area contributed by atoms with E-state index in [1.54, 1.807) is 0 Å². The summed E-state index contributed by atoms with van der Waals surface area (Å²) in [6.45, 7) is 3.94. The summed E-state index contributed by atoms with van der Waals surface area (Å²) < 4.78 is 0. The van der Waals surface area contributed by atoms with Crippen LogP contribution in [-0.4, -0.2) is 35.2 Å². The fraction of sp³-hybridized carbons (Fsp3) is 0.250. The van der Waals surface area contributed by atoms with Crippen LogP contribution in [0.2, 0.25) is 10.0 Å². The van der Waals surface area contributed by atoms with E-state index in [1.165, 1.54) is 19.1 Å². The van der Waals surface area contributed by atoms with Gasteiger partial charge in [-0.3, -0.25) is 19.3 Å². The maximum atomic E-state index is 12.6. The Morgan fingerprint density at radius 2 is 1.63 bits per heavy atom.